The highest BCUT2D eigenvalue weighted by atomic mass is 16.1. The lowest BCUT2D eigenvalue weighted by atomic mass is 10.1. The van der Waals surface area contributed by atoms with Crippen molar-refractivity contribution in [2.24, 2.45) is 0 Å². The molecule has 2 N–H and O–H groups in total. The summed E-state index contributed by atoms with van der Waals surface area (Å²) in [5, 5.41) is 11.3. The van der Waals surface area contributed by atoms with Gasteiger partial charge in [0, 0.05) is 49.1 Å². The number of aldehydes is 1. The van der Waals surface area contributed by atoms with E-state index < -0.39 is 0 Å². The molecular weight excluding hydrogens is 396 g/mol. The highest BCUT2D eigenvalue weighted by Gasteiger charge is 2.05. The average molecular weight is 433 g/mol. The van der Waals surface area contributed by atoms with Gasteiger partial charge >= 0.3 is 0 Å². The molecule has 0 aliphatic rings. The number of carbonyl (C=O) groups excluding carboxylic acids is 1. The second-order valence-corrected chi connectivity index (χ2v) is 8.10. The van der Waals surface area contributed by atoms with Crippen molar-refractivity contribution in [3.05, 3.63) is 53.2 Å². The summed E-state index contributed by atoms with van der Waals surface area (Å²) in [6, 6.07) is 11.4. The van der Waals surface area contributed by atoms with Crippen LogP contribution in [0.3, 0.4) is 0 Å². The number of nitrogens with one attached hydrogen (secondary N) is 2. The summed E-state index contributed by atoms with van der Waals surface area (Å²) in [5.74, 6) is 7.43. The molecule has 0 saturated heterocycles. The van der Waals surface area contributed by atoms with E-state index in [4.69, 9.17) is 5.41 Å². The summed E-state index contributed by atoms with van der Waals surface area (Å²) in [5.41, 5.74) is 3.70. The molecule has 0 saturated carbocycles. The molecule has 0 radical (unpaired) electrons. The van der Waals surface area contributed by atoms with Crippen molar-refractivity contribution in [1.82, 2.24) is 4.98 Å². The average Bonchev–Trinajstić information content (AvgIpc) is 2.80. The summed E-state index contributed by atoms with van der Waals surface area (Å²) in [4.78, 5) is 17.8. The molecule has 0 amide bonds. The maximum atomic E-state index is 11.0. The van der Waals surface area contributed by atoms with Crippen molar-refractivity contribution in [2.75, 3.05) is 30.4 Å². The third kappa shape index (κ3) is 8.55. The third-order valence-electron chi connectivity index (χ3n) is 5.28. The fraction of sp³-hybridized carbons (Fsp3) is 0.444. The zero-order valence-corrected chi connectivity index (χ0v) is 19.7. The Kier molecular flexibility index (Phi) is 11.0. The zero-order chi connectivity index (χ0) is 23.2. The number of unbranched alkanes of at least 4 members (excludes halogenated alkanes) is 5. The fourth-order valence-corrected chi connectivity index (χ4v) is 3.51. The molecule has 32 heavy (non-hydrogen) atoms. The molecule has 2 aromatic rings. The van der Waals surface area contributed by atoms with Crippen LogP contribution < -0.4 is 10.2 Å². The van der Waals surface area contributed by atoms with Crippen LogP contribution in [0.15, 0.2) is 36.4 Å². The largest absolute Gasteiger partial charge is 0.384 e. The van der Waals surface area contributed by atoms with E-state index in [1.807, 2.05) is 30.3 Å². The molecule has 0 spiro atoms. The van der Waals surface area contributed by atoms with Crippen molar-refractivity contribution in [2.45, 2.75) is 58.8 Å². The molecule has 0 aliphatic heterocycles. The quantitative estimate of drug-likeness (QED) is 0.178. The van der Waals surface area contributed by atoms with Crippen molar-refractivity contribution in [3.8, 4) is 11.8 Å². The van der Waals surface area contributed by atoms with Gasteiger partial charge < -0.3 is 15.6 Å². The first-order chi connectivity index (χ1) is 15.5. The van der Waals surface area contributed by atoms with Gasteiger partial charge in [-0.05, 0) is 50.3 Å². The van der Waals surface area contributed by atoms with E-state index >= 15 is 0 Å². The van der Waals surface area contributed by atoms with E-state index in [2.05, 4.69) is 41.0 Å². The van der Waals surface area contributed by atoms with Crippen LogP contribution in [0, 0.1) is 17.3 Å². The van der Waals surface area contributed by atoms with Gasteiger partial charge in [-0.25, -0.2) is 4.98 Å². The van der Waals surface area contributed by atoms with E-state index in [0.717, 1.165) is 74.2 Å². The Balaban J connectivity index is 1.64. The highest BCUT2D eigenvalue weighted by molar-refractivity contribution is 6.02. The van der Waals surface area contributed by atoms with Crippen LogP contribution in [-0.4, -0.2) is 37.1 Å². The monoisotopic (exact) mass is 432 g/mol. The van der Waals surface area contributed by atoms with Gasteiger partial charge in [-0.3, -0.25) is 4.79 Å². The number of hydrogen-bond donors (Lipinski definition) is 2. The van der Waals surface area contributed by atoms with Gasteiger partial charge in [0.1, 0.15) is 17.8 Å². The van der Waals surface area contributed by atoms with Crippen molar-refractivity contribution in [1.29, 1.82) is 5.41 Å². The molecule has 0 aliphatic carbocycles. The summed E-state index contributed by atoms with van der Waals surface area (Å²) in [6.07, 6.45) is 8.52. The molecule has 170 valence electrons. The van der Waals surface area contributed by atoms with Crippen LogP contribution in [0.2, 0.25) is 0 Å². The molecule has 1 aromatic carbocycles. The number of carbonyl (C=O) groups is 1. The maximum Gasteiger partial charge on any atom is 0.150 e. The molecule has 0 bridgehead atoms. The second-order valence-electron chi connectivity index (χ2n) is 8.10. The number of aromatic nitrogens is 1. The van der Waals surface area contributed by atoms with E-state index in [-0.39, 0.29) is 0 Å². The summed E-state index contributed by atoms with van der Waals surface area (Å²) in [6.45, 7) is 5.77. The number of anilines is 2. The van der Waals surface area contributed by atoms with Crippen LogP contribution in [-0.2, 0) is 0 Å². The van der Waals surface area contributed by atoms with E-state index in [1.165, 1.54) is 12.8 Å². The van der Waals surface area contributed by atoms with Gasteiger partial charge in [-0.2, -0.15) is 0 Å². The minimum Gasteiger partial charge on any atom is -0.384 e. The molecule has 5 heteroatoms. The first-order valence-corrected chi connectivity index (χ1v) is 11.6. The van der Waals surface area contributed by atoms with Gasteiger partial charge in [0.2, 0.25) is 0 Å². The standard InChI is InChI=1S/C27H36N4O/c1-4-19-31(3)27-15-12-14-24(30-27)13-10-8-6-5-7-9-11-18-29-26-20-23(21-32)16-17-25(26)22(2)28/h12,14-17,20-21,28-29H,4-9,11,18-19H2,1-3H3. The lowest BCUT2D eigenvalue weighted by Crippen LogP contribution is -2.19. The van der Waals surface area contributed by atoms with Crippen LogP contribution in [0.1, 0.15) is 80.4 Å². The van der Waals surface area contributed by atoms with Crippen molar-refractivity contribution < 1.29 is 4.79 Å². The van der Waals surface area contributed by atoms with Crippen molar-refractivity contribution in [3.63, 3.8) is 0 Å². The Labute approximate surface area is 193 Å². The van der Waals surface area contributed by atoms with E-state index in [9.17, 15) is 4.79 Å². The Morgan fingerprint density at radius 2 is 1.94 bits per heavy atom. The van der Waals surface area contributed by atoms with Crippen molar-refractivity contribution >= 4 is 23.5 Å². The minimum absolute atomic E-state index is 0.501. The molecule has 1 heterocycles. The SMILES string of the molecule is CCCN(C)c1cccc(C#CCCCCCCCNc2cc(C=O)ccc2C(C)=N)n1. The first-order valence-electron chi connectivity index (χ1n) is 11.6. The van der Waals surface area contributed by atoms with Crippen LogP contribution in [0.4, 0.5) is 11.5 Å². The molecule has 0 atom stereocenters. The Hall–Kier alpha value is -3.13. The second kappa shape index (κ2) is 14.0. The number of hydrogen-bond acceptors (Lipinski definition) is 5. The van der Waals surface area contributed by atoms with E-state index in [1.54, 1.807) is 13.0 Å². The number of pyridine rings is 1. The van der Waals surface area contributed by atoms with Gasteiger partial charge in [0.05, 0.1) is 0 Å². The predicted octanol–water partition coefficient (Wildman–Crippen LogP) is 5.93. The minimum atomic E-state index is 0.501. The summed E-state index contributed by atoms with van der Waals surface area (Å²) >= 11 is 0. The van der Waals surface area contributed by atoms with Gasteiger partial charge in [0.15, 0.2) is 0 Å². The first kappa shape index (κ1) is 25.1. The van der Waals surface area contributed by atoms with Crippen LogP contribution >= 0.6 is 0 Å². The third-order valence-corrected chi connectivity index (χ3v) is 5.28. The Morgan fingerprint density at radius 3 is 2.69 bits per heavy atom. The van der Waals surface area contributed by atoms with Crippen LogP contribution in [0.25, 0.3) is 0 Å². The Morgan fingerprint density at radius 1 is 1.16 bits per heavy atom. The zero-order valence-electron chi connectivity index (χ0n) is 19.7. The molecule has 0 fully saturated rings. The number of nitrogens with zero attached hydrogens (tertiary/aromatic N) is 2. The number of rotatable bonds is 13. The molecule has 2 rings (SSSR count). The lowest BCUT2D eigenvalue weighted by molar-refractivity contribution is 0.112. The number of benzene rings is 1. The van der Waals surface area contributed by atoms with Gasteiger partial charge in [-0.15, -0.1) is 0 Å². The maximum absolute atomic E-state index is 11.0. The summed E-state index contributed by atoms with van der Waals surface area (Å²) < 4.78 is 0. The van der Waals surface area contributed by atoms with Gasteiger partial charge in [-0.1, -0.05) is 50.3 Å². The predicted molar refractivity (Wildman–Crippen MR) is 135 cm³/mol. The Bertz CT molecular complexity index is 942. The fourth-order valence-electron chi connectivity index (χ4n) is 3.51. The van der Waals surface area contributed by atoms with Crippen LogP contribution in [0.5, 0.6) is 0 Å². The molecule has 1 aromatic heterocycles. The lowest BCUT2D eigenvalue weighted by Gasteiger charge is -2.16. The molecule has 0 unspecified atom stereocenters. The normalized spacial score (nSPS) is 10.2. The van der Waals surface area contributed by atoms with Gasteiger partial charge in [0.25, 0.3) is 0 Å². The highest BCUT2D eigenvalue weighted by Crippen LogP contribution is 2.18. The molecular formula is C27H36N4O. The van der Waals surface area contributed by atoms with E-state index in [0.29, 0.717) is 11.3 Å². The topological polar surface area (TPSA) is 69.1 Å². The smallest absolute Gasteiger partial charge is 0.150 e. The summed E-state index contributed by atoms with van der Waals surface area (Å²) in [7, 11) is 2.06. The molecule has 5 nitrogen and oxygen atoms in total.